The number of amides is 1. The second-order valence-corrected chi connectivity index (χ2v) is 7.89. The molecule has 0 aliphatic carbocycles. The van der Waals surface area contributed by atoms with E-state index in [2.05, 4.69) is 31.0 Å². The highest BCUT2D eigenvalue weighted by atomic mass is 32.1. The summed E-state index contributed by atoms with van der Waals surface area (Å²) in [5.41, 5.74) is 4.80. The Bertz CT molecular complexity index is 1130. The molecule has 0 spiro atoms. The molecule has 29 heavy (non-hydrogen) atoms. The molecule has 0 aliphatic rings. The third-order valence-corrected chi connectivity index (χ3v) is 5.89. The standard InChI is InChI=1S/C23H21N3O2S/c1-15-10-20-21(11-16(15)2)29-23(25-20)26(14-17-6-5-9-24-13-17)22(27)18-7-4-8-19(12-18)28-3/h4-13H,14H2,1-3H3. The third-order valence-electron chi connectivity index (χ3n) is 4.85. The van der Waals surface area contributed by atoms with Gasteiger partial charge >= 0.3 is 0 Å². The minimum absolute atomic E-state index is 0.125. The minimum atomic E-state index is -0.125. The Balaban J connectivity index is 1.78. The van der Waals surface area contributed by atoms with E-state index < -0.39 is 0 Å². The summed E-state index contributed by atoms with van der Waals surface area (Å²) in [6.07, 6.45) is 3.49. The summed E-state index contributed by atoms with van der Waals surface area (Å²) in [6, 6.07) is 15.2. The Morgan fingerprint density at radius 2 is 1.93 bits per heavy atom. The summed E-state index contributed by atoms with van der Waals surface area (Å²) in [7, 11) is 1.59. The van der Waals surface area contributed by atoms with Crippen molar-refractivity contribution in [3.63, 3.8) is 0 Å². The van der Waals surface area contributed by atoms with Crippen LogP contribution in [0.3, 0.4) is 0 Å². The summed E-state index contributed by atoms with van der Waals surface area (Å²) in [6.45, 7) is 4.55. The van der Waals surface area contributed by atoms with Gasteiger partial charge in [-0.15, -0.1) is 0 Å². The molecule has 1 amide bonds. The van der Waals surface area contributed by atoms with Crippen LogP contribution in [0.1, 0.15) is 27.0 Å². The number of carbonyl (C=O) groups is 1. The lowest BCUT2D eigenvalue weighted by Gasteiger charge is -2.20. The quantitative estimate of drug-likeness (QED) is 0.462. The first-order valence-electron chi connectivity index (χ1n) is 9.28. The SMILES string of the molecule is COc1cccc(C(=O)N(Cc2cccnc2)c2nc3cc(C)c(C)cc3s2)c1. The number of fused-ring (bicyclic) bond motifs is 1. The maximum absolute atomic E-state index is 13.4. The lowest BCUT2D eigenvalue weighted by Crippen LogP contribution is -2.30. The maximum Gasteiger partial charge on any atom is 0.260 e. The van der Waals surface area contributed by atoms with Gasteiger partial charge in [0.15, 0.2) is 5.13 Å². The van der Waals surface area contributed by atoms with Crippen molar-refractivity contribution >= 4 is 32.6 Å². The van der Waals surface area contributed by atoms with Crippen LogP contribution in [-0.2, 0) is 6.54 Å². The molecule has 0 atom stereocenters. The molecule has 0 radical (unpaired) electrons. The Labute approximate surface area is 173 Å². The number of aromatic nitrogens is 2. The van der Waals surface area contributed by atoms with Crippen LogP contribution < -0.4 is 9.64 Å². The first-order chi connectivity index (χ1) is 14.0. The van der Waals surface area contributed by atoms with Crippen LogP contribution in [0, 0.1) is 13.8 Å². The average Bonchev–Trinajstić information content (AvgIpc) is 3.15. The van der Waals surface area contributed by atoms with Crippen molar-refractivity contribution in [3.8, 4) is 5.75 Å². The predicted octanol–water partition coefficient (Wildman–Crippen LogP) is 5.16. The lowest BCUT2D eigenvalue weighted by atomic mass is 10.1. The molecule has 0 saturated heterocycles. The number of thiazole rings is 1. The van der Waals surface area contributed by atoms with Crippen molar-refractivity contribution < 1.29 is 9.53 Å². The Morgan fingerprint density at radius 1 is 1.10 bits per heavy atom. The molecular weight excluding hydrogens is 382 g/mol. The molecule has 2 aromatic carbocycles. The summed E-state index contributed by atoms with van der Waals surface area (Å²) in [5, 5.41) is 0.668. The molecule has 2 aromatic heterocycles. The number of ether oxygens (including phenoxy) is 1. The van der Waals surface area contributed by atoms with Gasteiger partial charge in [-0.25, -0.2) is 4.98 Å². The van der Waals surface area contributed by atoms with Crippen LogP contribution in [0.5, 0.6) is 5.75 Å². The van der Waals surface area contributed by atoms with E-state index in [0.717, 1.165) is 15.8 Å². The van der Waals surface area contributed by atoms with Gasteiger partial charge in [-0.1, -0.05) is 23.5 Å². The molecule has 2 heterocycles. The van der Waals surface area contributed by atoms with Gasteiger partial charge in [0.1, 0.15) is 5.75 Å². The van der Waals surface area contributed by atoms with Crippen LogP contribution in [0.4, 0.5) is 5.13 Å². The fourth-order valence-corrected chi connectivity index (χ4v) is 4.14. The lowest BCUT2D eigenvalue weighted by molar-refractivity contribution is 0.0985. The van der Waals surface area contributed by atoms with Crippen LogP contribution in [-0.4, -0.2) is 23.0 Å². The highest BCUT2D eigenvalue weighted by Crippen LogP contribution is 2.32. The highest BCUT2D eigenvalue weighted by molar-refractivity contribution is 7.22. The molecule has 4 rings (SSSR count). The summed E-state index contributed by atoms with van der Waals surface area (Å²) < 4.78 is 6.36. The van der Waals surface area contributed by atoms with Crippen LogP contribution in [0.15, 0.2) is 60.9 Å². The van der Waals surface area contributed by atoms with Crippen molar-refractivity contribution in [3.05, 3.63) is 83.2 Å². The molecule has 0 unspecified atom stereocenters. The number of benzene rings is 2. The number of pyridine rings is 1. The van der Waals surface area contributed by atoms with Gasteiger partial charge in [0.25, 0.3) is 5.91 Å². The Kier molecular flexibility index (Phi) is 5.27. The maximum atomic E-state index is 13.4. The number of rotatable bonds is 5. The zero-order valence-corrected chi connectivity index (χ0v) is 17.4. The van der Waals surface area contributed by atoms with E-state index in [0.29, 0.717) is 23.0 Å². The number of carbonyl (C=O) groups excluding carboxylic acids is 1. The van der Waals surface area contributed by atoms with Crippen molar-refractivity contribution in [2.45, 2.75) is 20.4 Å². The van der Waals surface area contributed by atoms with Gasteiger partial charge in [-0.3, -0.25) is 14.7 Å². The summed E-state index contributed by atoms with van der Waals surface area (Å²) >= 11 is 1.52. The van der Waals surface area contributed by atoms with E-state index in [4.69, 9.17) is 9.72 Å². The van der Waals surface area contributed by atoms with Crippen molar-refractivity contribution in [2.75, 3.05) is 12.0 Å². The van der Waals surface area contributed by atoms with E-state index in [1.165, 1.54) is 22.5 Å². The van der Waals surface area contributed by atoms with Gasteiger partial charge < -0.3 is 4.74 Å². The van der Waals surface area contributed by atoms with Crippen LogP contribution in [0.2, 0.25) is 0 Å². The number of nitrogens with zero attached hydrogens (tertiary/aromatic N) is 3. The number of hydrogen-bond donors (Lipinski definition) is 0. The normalized spacial score (nSPS) is 10.9. The van der Waals surface area contributed by atoms with Crippen molar-refractivity contribution in [2.24, 2.45) is 0 Å². The average molecular weight is 404 g/mol. The molecule has 146 valence electrons. The van der Waals surface area contributed by atoms with E-state index in [-0.39, 0.29) is 5.91 Å². The zero-order chi connectivity index (χ0) is 20.4. The molecule has 0 saturated carbocycles. The first kappa shape index (κ1) is 19.1. The largest absolute Gasteiger partial charge is 0.497 e. The number of methoxy groups -OCH3 is 1. The molecule has 0 aliphatic heterocycles. The second kappa shape index (κ2) is 8.01. The smallest absolute Gasteiger partial charge is 0.260 e. The van der Waals surface area contributed by atoms with Crippen LogP contribution in [0.25, 0.3) is 10.2 Å². The van der Waals surface area contributed by atoms with Gasteiger partial charge in [0.2, 0.25) is 0 Å². The molecule has 0 fully saturated rings. The second-order valence-electron chi connectivity index (χ2n) is 6.89. The molecule has 0 N–H and O–H groups in total. The fourth-order valence-electron chi connectivity index (χ4n) is 3.10. The molecule has 4 aromatic rings. The first-order valence-corrected chi connectivity index (χ1v) is 10.1. The fraction of sp³-hybridized carbons (Fsp3) is 0.174. The molecule has 0 bridgehead atoms. The van der Waals surface area contributed by atoms with E-state index >= 15 is 0 Å². The number of hydrogen-bond acceptors (Lipinski definition) is 5. The monoisotopic (exact) mass is 403 g/mol. The predicted molar refractivity (Wildman–Crippen MR) is 117 cm³/mol. The highest BCUT2D eigenvalue weighted by Gasteiger charge is 2.22. The zero-order valence-electron chi connectivity index (χ0n) is 16.5. The number of anilines is 1. The van der Waals surface area contributed by atoms with E-state index in [1.54, 1.807) is 36.5 Å². The summed E-state index contributed by atoms with van der Waals surface area (Å²) in [5.74, 6) is 0.521. The topological polar surface area (TPSA) is 55.3 Å². The van der Waals surface area contributed by atoms with Crippen molar-refractivity contribution in [1.82, 2.24) is 9.97 Å². The summed E-state index contributed by atoms with van der Waals surface area (Å²) in [4.78, 5) is 24.1. The van der Waals surface area contributed by atoms with Gasteiger partial charge in [-0.05, 0) is 66.9 Å². The van der Waals surface area contributed by atoms with Crippen molar-refractivity contribution in [1.29, 1.82) is 0 Å². The molecule has 6 heteroatoms. The Morgan fingerprint density at radius 3 is 2.69 bits per heavy atom. The number of aryl methyl sites for hydroxylation is 2. The minimum Gasteiger partial charge on any atom is -0.497 e. The van der Waals surface area contributed by atoms with E-state index in [1.807, 2.05) is 24.3 Å². The van der Waals surface area contributed by atoms with E-state index in [9.17, 15) is 4.79 Å². The van der Waals surface area contributed by atoms with Gasteiger partial charge in [-0.2, -0.15) is 0 Å². The molecule has 5 nitrogen and oxygen atoms in total. The molecular formula is C23H21N3O2S. The van der Waals surface area contributed by atoms with Gasteiger partial charge in [0.05, 0.1) is 23.9 Å². The Hall–Kier alpha value is -3.25. The van der Waals surface area contributed by atoms with Gasteiger partial charge in [0, 0.05) is 18.0 Å². The third kappa shape index (κ3) is 3.98. The van der Waals surface area contributed by atoms with Crippen LogP contribution >= 0.6 is 11.3 Å².